The van der Waals surface area contributed by atoms with Crippen LogP contribution in [0.2, 0.25) is 0 Å². The minimum Gasteiger partial charge on any atom is -0.506 e. The van der Waals surface area contributed by atoms with Crippen LogP contribution in [0.25, 0.3) is 0 Å². The van der Waals surface area contributed by atoms with Crippen molar-refractivity contribution in [3.63, 3.8) is 0 Å². The average Bonchev–Trinajstić information content (AvgIpc) is 3.33. The molecule has 2 aliphatic heterocycles. The molecular formula is C36H41N2O6+. The van der Waals surface area contributed by atoms with Crippen LogP contribution in [0.5, 0.6) is 0 Å². The molecule has 3 N–H and O–H groups in total. The highest BCUT2D eigenvalue weighted by Crippen LogP contribution is 2.50. The Hall–Kier alpha value is -4.46. The predicted octanol–water partition coefficient (Wildman–Crippen LogP) is 7.06. The number of carbonyl (C=O) groups is 3. The normalized spacial score (nSPS) is 20.0. The number of allylic oxidation sites excluding steroid dienone is 5. The summed E-state index contributed by atoms with van der Waals surface area (Å²) in [6.45, 7) is 13.7. The largest absolute Gasteiger partial charge is 0.506 e. The van der Waals surface area contributed by atoms with Crippen LogP contribution in [-0.2, 0) is 15.6 Å². The van der Waals surface area contributed by atoms with E-state index in [0.717, 1.165) is 59.6 Å². The number of rotatable bonds is 10. The fourth-order valence-electron chi connectivity index (χ4n) is 6.64. The highest BCUT2D eigenvalue weighted by atomic mass is 16.4. The van der Waals surface area contributed by atoms with Gasteiger partial charge >= 0.3 is 11.9 Å². The summed E-state index contributed by atoms with van der Waals surface area (Å²) in [5.41, 5.74) is 4.94. The van der Waals surface area contributed by atoms with Crippen LogP contribution in [-0.4, -0.2) is 56.4 Å². The standard InChI is InChI=1S/C36H40N2O6/c1-7-9-15-37-27-13-11-21(33(41)42)17-25(27)35(3,4)29(37)19-23-31(39)24(32(23)40)20-30-36(5,6)26-18-22(34(43)44)12-14-28(26)38(30)16-10-8-2/h11-14,17-20H,7-10,15-16H2,1-6H3,(H2-,39,40,41,42,43,44)/p+1. The van der Waals surface area contributed by atoms with Crippen molar-refractivity contribution in [2.45, 2.75) is 78.1 Å². The van der Waals surface area contributed by atoms with Gasteiger partial charge < -0.3 is 20.2 Å². The molecule has 0 aromatic heterocycles. The zero-order valence-corrected chi connectivity index (χ0v) is 26.3. The van der Waals surface area contributed by atoms with Crippen LogP contribution in [0.4, 0.5) is 11.4 Å². The summed E-state index contributed by atoms with van der Waals surface area (Å²) in [6, 6.07) is 10.3. The number of ketones is 1. The molecule has 0 saturated heterocycles. The highest BCUT2D eigenvalue weighted by Gasteiger charge is 2.47. The number of hydrogen-bond acceptors (Lipinski definition) is 5. The van der Waals surface area contributed by atoms with Crippen molar-refractivity contribution >= 4 is 34.8 Å². The zero-order valence-electron chi connectivity index (χ0n) is 26.3. The number of nitrogens with zero attached hydrogens (tertiary/aromatic N) is 2. The molecule has 8 heteroatoms. The Bertz CT molecular complexity index is 1720. The minimum absolute atomic E-state index is 0.0724. The summed E-state index contributed by atoms with van der Waals surface area (Å²) < 4.78 is 2.14. The number of carboxylic acid groups (broad SMARTS) is 2. The molecule has 0 spiro atoms. The number of hydrogen-bond donors (Lipinski definition) is 3. The van der Waals surface area contributed by atoms with Gasteiger partial charge in [-0.15, -0.1) is 0 Å². The van der Waals surface area contributed by atoms with Crippen molar-refractivity contribution in [1.29, 1.82) is 0 Å². The maximum absolute atomic E-state index is 13.7. The number of aliphatic hydroxyl groups is 1. The maximum atomic E-state index is 13.7. The number of Topliss-reactive ketones (excluding diaryl/α,β-unsaturated/α-hetero) is 1. The Morgan fingerprint density at radius 3 is 2.07 bits per heavy atom. The lowest BCUT2D eigenvalue weighted by Crippen LogP contribution is -2.32. The molecule has 230 valence electrons. The van der Waals surface area contributed by atoms with Crippen LogP contribution < -0.4 is 4.90 Å². The second-order valence-corrected chi connectivity index (χ2v) is 12.9. The average molecular weight is 598 g/mol. The van der Waals surface area contributed by atoms with Gasteiger partial charge in [0.2, 0.25) is 11.5 Å². The Morgan fingerprint density at radius 1 is 0.864 bits per heavy atom. The first-order valence-corrected chi connectivity index (χ1v) is 15.4. The lowest BCUT2D eigenvalue weighted by Gasteiger charge is -2.29. The topological polar surface area (TPSA) is 118 Å². The van der Waals surface area contributed by atoms with E-state index in [1.54, 1.807) is 36.4 Å². The van der Waals surface area contributed by atoms with Crippen molar-refractivity contribution in [3.05, 3.63) is 93.4 Å². The van der Waals surface area contributed by atoms with E-state index in [1.165, 1.54) is 0 Å². The quantitative estimate of drug-likeness (QED) is 0.198. The van der Waals surface area contributed by atoms with Crippen molar-refractivity contribution in [2.24, 2.45) is 0 Å². The van der Waals surface area contributed by atoms with E-state index >= 15 is 0 Å². The molecule has 0 bridgehead atoms. The van der Waals surface area contributed by atoms with E-state index in [0.29, 0.717) is 13.1 Å². The fourth-order valence-corrected chi connectivity index (χ4v) is 6.64. The first-order valence-electron chi connectivity index (χ1n) is 15.4. The molecule has 44 heavy (non-hydrogen) atoms. The van der Waals surface area contributed by atoms with Crippen LogP contribution in [0, 0.1) is 0 Å². The van der Waals surface area contributed by atoms with E-state index in [-0.39, 0.29) is 33.8 Å². The minimum atomic E-state index is -0.993. The Morgan fingerprint density at radius 2 is 1.48 bits per heavy atom. The zero-order chi connectivity index (χ0) is 32.1. The molecule has 0 fully saturated rings. The number of aliphatic hydroxyl groups excluding tert-OH is 1. The molecule has 0 amide bonds. The third kappa shape index (κ3) is 4.86. The van der Waals surface area contributed by atoms with E-state index in [9.17, 15) is 29.7 Å². The smallest absolute Gasteiger partial charge is 0.335 e. The molecule has 1 aliphatic carbocycles. The van der Waals surface area contributed by atoms with Crippen molar-refractivity contribution in [3.8, 4) is 0 Å². The molecule has 0 radical (unpaired) electrons. The summed E-state index contributed by atoms with van der Waals surface area (Å²) in [5.74, 6) is -2.32. The van der Waals surface area contributed by atoms with Gasteiger partial charge in [-0.25, -0.2) is 9.59 Å². The lowest BCUT2D eigenvalue weighted by molar-refractivity contribution is -0.438. The second kappa shape index (κ2) is 11.2. The van der Waals surface area contributed by atoms with Crippen LogP contribution in [0.15, 0.2) is 71.2 Å². The molecule has 5 rings (SSSR count). The lowest BCUT2D eigenvalue weighted by atomic mass is 9.77. The van der Waals surface area contributed by atoms with Crippen LogP contribution in [0.1, 0.15) is 99.1 Å². The van der Waals surface area contributed by atoms with Gasteiger partial charge in [-0.3, -0.25) is 4.79 Å². The second-order valence-electron chi connectivity index (χ2n) is 12.9. The van der Waals surface area contributed by atoms with Gasteiger partial charge in [-0.1, -0.05) is 40.5 Å². The van der Waals surface area contributed by atoms with Crippen molar-refractivity contribution < 1.29 is 34.3 Å². The fraction of sp³-hybridized carbons (Fsp3) is 0.389. The number of carbonyl (C=O) groups excluding carboxylic acids is 1. The summed E-state index contributed by atoms with van der Waals surface area (Å²) in [6.07, 6.45) is 7.26. The van der Waals surface area contributed by atoms with Crippen LogP contribution >= 0.6 is 0 Å². The van der Waals surface area contributed by atoms with Gasteiger partial charge in [-0.2, -0.15) is 4.58 Å². The van der Waals surface area contributed by atoms with E-state index in [1.807, 2.05) is 39.8 Å². The van der Waals surface area contributed by atoms with Crippen LogP contribution in [0.3, 0.4) is 0 Å². The summed E-state index contributed by atoms with van der Waals surface area (Å²) >= 11 is 0. The SMILES string of the molecule is CCCCN1/C(=C\C2=C(O)C(=C\C3=[N+](CCCC)c4ccc(C(=O)O)cc4C3(C)C)/C2=O)C(C)(C)c2cc(C(=O)O)ccc21. The monoisotopic (exact) mass is 597 g/mol. The molecule has 2 aromatic carbocycles. The highest BCUT2D eigenvalue weighted by molar-refractivity contribution is 6.24. The van der Waals surface area contributed by atoms with E-state index in [4.69, 9.17) is 0 Å². The number of unbranched alkanes of at least 4 members (excludes halogenated alkanes) is 2. The van der Waals surface area contributed by atoms with Crippen molar-refractivity contribution in [1.82, 2.24) is 0 Å². The van der Waals surface area contributed by atoms with Gasteiger partial charge in [0.25, 0.3) is 0 Å². The van der Waals surface area contributed by atoms with Gasteiger partial charge in [-0.05, 0) is 62.2 Å². The van der Waals surface area contributed by atoms with E-state index in [2.05, 4.69) is 23.3 Å². The molecule has 2 aromatic rings. The molecule has 0 unspecified atom stereocenters. The number of aromatic carboxylic acids is 2. The summed E-state index contributed by atoms with van der Waals surface area (Å²) in [5, 5.41) is 30.6. The molecule has 2 heterocycles. The number of carboxylic acids is 2. The van der Waals surface area contributed by atoms with Gasteiger partial charge in [0.05, 0.1) is 27.7 Å². The van der Waals surface area contributed by atoms with E-state index < -0.39 is 22.8 Å². The Kier molecular flexibility index (Phi) is 7.91. The van der Waals surface area contributed by atoms with Gasteiger partial charge in [0, 0.05) is 47.5 Å². The predicted molar refractivity (Wildman–Crippen MR) is 171 cm³/mol. The summed E-state index contributed by atoms with van der Waals surface area (Å²) in [7, 11) is 0. The summed E-state index contributed by atoms with van der Waals surface area (Å²) in [4.78, 5) is 39.3. The molecule has 0 saturated carbocycles. The van der Waals surface area contributed by atoms with Gasteiger partial charge in [0.1, 0.15) is 12.3 Å². The third-order valence-corrected chi connectivity index (χ3v) is 9.31. The molecular weight excluding hydrogens is 556 g/mol. The van der Waals surface area contributed by atoms with Gasteiger partial charge in [0.15, 0.2) is 5.71 Å². The first kappa shape index (κ1) is 31.0. The number of benzene rings is 2. The number of fused-ring (bicyclic) bond motifs is 2. The Balaban J connectivity index is 1.59. The maximum Gasteiger partial charge on any atom is 0.335 e. The molecule has 0 atom stereocenters. The first-order chi connectivity index (χ1) is 20.7. The number of anilines is 1. The van der Waals surface area contributed by atoms with Crippen molar-refractivity contribution in [2.75, 3.05) is 18.0 Å². The molecule has 3 aliphatic rings. The third-order valence-electron chi connectivity index (χ3n) is 9.31. The molecule has 8 nitrogen and oxygen atoms in total. The Labute approximate surface area is 258 Å².